The summed E-state index contributed by atoms with van der Waals surface area (Å²) >= 11 is 3.59. The number of nitrogens with one attached hydrogen (secondary N) is 1. The summed E-state index contributed by atoms with van der Waals surface area (Å²) < 4.78 is 12.6. The maximum Gasteiger partial charge on any atom is 0.240 e. The Kier molecular flexibility index (Phi) is 10.4. The third-order valence-corrected chi connectivity index (χ3v) is 6.98. The molecule has 0 aliphatic carbocycles. The molecule has 0 aromatic heterocycles. The van der Waals surface area contributed by atoms with E-state index in [-0.39, 0.29) is 23.2 Å². The molecule has 0 atom stereocenters. The van der Waals surface area contributed by atoms with E-state index in [1.54, 1.807) is 6.21 Å². The highest BCUT2D eigenvalue weighted by Gasteiger charge is 2.26. The Hall–Kier alpha value is -3.32. The first-order chi connectivity index (χ1) is 18.8. The van der Waals surface area contributed by atoms with Crippen LogP contribution in [-0.2, 0) is 28.7 Å². The number of rotatable bonds is 10. The van der Waals surface area contributed by atoms with E-state index in [0.29, 0.717) is 36.9 Å². The van der Waals surface area contributed by atoms with Crippen LogP contribution in [0.2, 0.25) is 0 Å². The van der Waals surface area contributed by atoms with Crippen molar-refractivity contribution >= 4 is 28.1 Å². The van der Waals surface area contributed by atoms with Crippen molar-refractivity contribution in [2.75, 3.05) is 6.61 Å². The molecule has 214 valence electrons. The van der Waals surface area contributed by atoms with Gasteiger partial charge in [0.15, 0.2) is 11.5 Å². The molecule has 0 bridgehead atoms. The minimum Gasteiger partial charge on any atom is -0.507 e. The van der Waals surface area contributed by atoms with Crippen LogP contribution in [0.4, 0.5) is 0 Å². The summed E-state index contributed by atoms with van der Waals surface area (Å²) in [6.07, 6.45) is 2.40. The molecular formula is C33H41BrN2O4. The molecular weight excluding hydrogens is 568 g/mol. The molecule has 3 rings (SSSR count). The van der Waals surface area contributed by atoms with Crippen molar-refractivity contribution in [2.45, 2.75) is 78.7 Å². The zero-order valence-corrected chi connectivity index (χ0v) is 26.2. The van der Waals surface area contributed by atoms with Gasteiger partial charge < -0.3 is 14.6 Å². The van der Waals surface area contributed by atoms with Crippen LogP contribution in [0, 0.1) is 0 Å². The highest BCUT2D eigenvalue weighted by Crippen LogP contribution is 2.40. The van der Waals surface area contributed by atoms with Gasteiger partial charge in [-0.1, -0.05) is 84.0 Å². The van der Waals surface area contributed by atoms with Gasteiger partial charge in [-0.3, -0.25) is 4.79 Å². The zero-order valence-electron chi connectivity index (χ0n) is 24.6. The standard InChI is InChI=1S/C33H41BrN2O4/c1-8-39-28-19-24(18-27(34)31(28)40-21-22-12-10-9-11-13-22)20-35-36-29(37)15-14-23-16-25(32(2,3)4)30(38)26(17-23)33(5,6)7/h9-13,16-20,38H,8,14-15,21H2,1-7H3,(H,36,37)/b35-20-. The maximum atomic E-state index is 12.6. The molecule has 3 aromatic rings. The van der Waals surface area contributed by atoms with Crippen molar-refractivity contribution < 1.29 is 19.4 Å². The number of halogens is 1. The molecule has 7 heteroatoms. The van der Waals surface area contributed by atoms with Crippen molar-refractivity contribution in [3.05, 3.63) is 86.9 Å². The highest BCUT2D eigenvalue weighted by atomic mass is 79.9. The van der Waals surface area contributed by atoms with Gasteiger partial charge in [-0.15, -0.1) is 0 Å². The molecule has 3 aromatic carbocycles. The van der Waals surface area contributed by atoms with Gasteiger partial charge in [0, 0.05) is 6.42 Å². The SMILES string of the molecule is CCOc1cc(/C=N\NC(=O)CCc2cc(C(C)(C)C)c(O)c(C(C)(C)C)c2)cc(Br)c1OCc1ccccc1. The average molecular weight is 610 g/mol. The van der Waals surface area contributed by atoms with Gasteiger partial charge in [0.2, 0.25) is 5.91 Å². The molecule has 0 spiro atoms. The third-order valence-electron chi connectivity index (χ3n) is 6.39. The van der Waals surface area contributed by atoms with Crippen molar-refractivity contribution in [1.82, 2.24) is 5.43 Å². The first-order valence-electron chi connectivity index (χ1n) is 13.6. The van der Waals surface area contributed by atoms with Crippen molar-refractivity contribution in [3.63, 3.8) is 0 Å². The second kappa shape index (κ2) is 13.4. The number of nitrogens with zero attached hydrogens (tertiary/aromatic N) is 1. The van der Waals surface area contributed by atoms with Gasteiger partial charge in [-0.2, -0.15) is 5.10 Å². The predicted octanol–water partition coefficient (Wildman–Crippen LogP) is 7.81. The van der Waals surface area contributed by atoms with Crippen molar-refractivity contribution in [2.24, 2.45) is 5.10 Å². The molecule has 0 aliphatic heterocycles. The Morgan fingerprint density at radius 3 is 2.15 bits per heavy atom. The van der Waals surface area contributed by atoms with E-state index in [4.69, 9.17) is 9.47 Å². The van der Waals surface area contributed by atoms with Crippen LogP contribution in [0.25, 0.3) is 0 Å². The van der Waals surface area contributed by atoms with Crippen LogP contribution >= 0.6 is 15.9 Å². The number of phenols is 1. The van der Waals surface area contributed by atoms with Gasteiger partial charge in [0.05, 0.1) is 17.3 Å². The van der Waals surface area contributed by atoms with Crippen molar-refractivity contribution in [3.8, 4) is 17.2 Å². The van der Waals surface area contributed by atoms with Gasteiger partial charge in [0.1, 0.15) is 12.4 Å². The monoisotopic (exact) mass is 608 g/mol. The molecule has 0 saturated carbocycles. The first-order valence-corrected chi connectivity index (χ1v) is 14.4. The number of ether oxygens (including phenoxy) is 2. The molecule has 6 nitrogen and oxygen atoms in total. The Bertz CT molecular complexity index is 1300. The van der Waals surface area contributed by atoms with Crippen LogP contribution in [0.5, 0.6) is 17.2 Å². The second-order valence-electron chi connectivity index (χ2n) is 11.9. The van der Waals surface area contributed by atoms with E-state index >= 15 is 0 Å². The number of aryl methyl sites for hydroxylation is 1. The molecule has 0 heterocycles. The van der Waals surface area contributed by atoms with E-state index in [2.05, 4.69) is 68.0 Å². The lowest BCUT2D eigenvalue weighted by molar-refractivity contribution is -0.121. The van der Waals surface area contributed by atoms with Gasteiger partial charge in [-0.25, -0.2) is 5.43 Å². The number of hydrogen-bond donors (Lipinski definition) is 2. The normalized spacial score (nSPS) is 12.0. The summed E-state index contributed by atoms with van der Waals surface area (Å²) in [6, 6.07) is 17.7. The number of hydrazone groups is 1. The lowest BCUT2D eigenvalue weighted by Gasteiger charge is -2.28. The molecule has 2 N–H and O–H groups in total. The Morgan fingerprint density at radius 2 is 1.57 bits per heavy atom. The number of benzene rings is 3. The average Bonchev–Trinajstić information content (AvgIpc) is 2.87. The van der Waals surface area contributed by atoms with Gasteiger partial charge in [-0.05, 0) is 80.1 Å². The van der Waals surface area contributed by atoms with Gasteiger partial charge in [0.25, 0.3) is 0 Å². The zero-order chi connectivity index (χ0) is 29.5. The summed E-state index contributed by atoms with van der Waals surface area (Å²) in [5, 5.41) is 15.1. The van der Waals surface area contributed by atoms with Crippen LogP contribution in [0.15, 0.2) is 64.2 Å². The number of phenolic OH excluding ortho intramolecular Hbond substituents is 1. The minimum atomic E-state index is -0.219. The molecule has 40 heavy (non-hydrogen) atoms. The summed E-state index contributed by atoms with van der Waals surface area (Å²) in [7, 11) is 0. The molecule has 0 unspecified atom stereocenters. The quantitative estimate of drug-likeness (QED) is 0.182. The smallest absolute Gasteiger partial charge is 0.240 e. The Morgan fingerprint density at radius 1 is 0.950 bits per heavy atom. The predicted molar refractivity (Wildman–Crippen MR) is 166 cm³/mol. The maximum absolute atomic E-state index is 12.6. The molecule has 0 radical (unpaired) electrons. The van der Waals surface area contributed by atoms with E-state index in [0.717, 1.165) is 32.3 Å². The fourth-order valence-electron chi connectivity index (χ4n) is 4.27. The largest absolute Gasteiger partial charge is 0.507 e. The Labute approximate surface area is 246 Å². The minimum absolute atomic E-state index is 0.189. The summed E-state index contributed by atoms with van der Waals surface area (Å²) in [6.45, 7) is 15.3. The molecule has 0 fully saturated rings. The fourth-order valence-corrected chi connectivity index (χ4v) is 4.84. The van der Waals surface area contributed by atoms with E-state index in [1.807, 2.05) is 61.5 Å². The highest BCUT2D eigenvalue weighted by molar-refractivity contribution is 9.10. The molecule has 0 aliphatic rings. The fraction of sp³-hybridized carbons (Fsp3) is 0.394. The number of amides is 1. The number of carbonyl (C=O) groups excluding carboxylic acids is 1. The van der Waals surface area contributed by atoms with E-state index < -0.39 is 0 Å². The number of carbonyl (C=O) groups is 1. The lowest BCUT2D eigenvalue weighted by Crippen LogP contribution is -2.20. The van der Waals surface area contributed by atoms with Crippen LogP contribution < -0.4 is 14.9 Å². The molecule has 1 amide bonds. The summed E-state index contributed by atoms with van der Waals surface area (Å²) in [5.41, 5.74) is 6.80. The second-order valence-corrected chi connectivity index (χ2v) is 12.7. The van der Waals surface area contributed by atoms with E-state index in [9.17, 15) is 9.90 Å². The number of hydrogen-bond acceptors (Lipinski definition) is 5. The summed E-state index contributed by atoms with van der Waals surface area (Å²) in [4.78, 5) is 12.6. The first kappa shape index (κ1) is 31.2. The summed E-state index contributed by atoms with van der Waals surface area (Å²) in [5.74, 6) is 1.36. The van der Waals surface area contributed by atoms with Crippen LogP contribution in [-0.4, -0.2) is 23.8 Å². The van der Waals surface area contributed by atoms with Crippen LogP contribution in [0.1, 0.15) is 82.7 Å². The third kappa shape index (κ3) is 8.59. The van der Waals surface area contributed by atoms with E-state index in [1.165, 1.54) is 0 Å². The Balaban J connectivity index is 1.67. The molecule has 0 saturated heterocycles. The topological polar surface area (TPSA) is 80.2 Å². The lowest BCUT2D eigenvalue weighted by atomic mass is 9.78. The number of aromatic hydroxyl groups is 1. The van der Waals surface area contributed by atoms with Crippen LogP contribution in [0.3, 0.4) is 0 Å². The van der Waals surface area contributed by atoms with Gasteiger partial charge >= 0.3 is 0 Å². The van der Waals surface area contributed by atoms with Crippen molar-refractivity contribution in [1.29, 1.82) is 0 Å².